The van der Waals surface area contributed by atoms with E-state index in [1.807, 2.05) is 6.92 Å². The van der Waals surface area contributed by atoms with Gasteiger partial charge in [-0.3, -0.25) is 4.90 Å². The maximum absolute atomic E-state index is 14.3. The van der Waals surface area contributed by atoms with E-state index in [1.54, 1.807) is 6.07 Å². The molecule has 0 radical (unpaired) electrons. The highest BCUT2D eigenvalue weighted by molar-refractivity contribution is 6.31. The van der Waals surface area contributed by atoms with Gasteiger partial charge in [-0.15, -0.1) is 0 Å². The van der Waals surface area contributed by atoms with Crippen LogP contribution < -0.4 is 4.74 Å². The Morgan fingerprint density at radius 3 is 2.86 bits per heavy atom. The maximum Gasteiger partial charge on any atom is 0.171 e. The molecule has 0 spiro atoms. The van der Waals surface area contributed by atoms with Crippen molar-refractivity contribution >= 4 is 11.6 Å². The molecule has 5 heteroatoms. The monoisotopic (exact) mass is 315 g/mol. The molecule has 1 heterocycles. The molecule has 3 nitrogen and oxygen atoms in total. The Kier molecular flexibility index (Phi) is 5.12. The van der Waals surface area contributed by atoms with Gasteiger partial charge in [-0.05, 0) is 37.8 Å². The summed E-state index contributed by atoms with van der Waals surface area (Å²) < 4.78 is 19.3. The van der Waals surface area contributed by atoms with Crippen LogP contribution in [-0.2, 0) is 6.54 Å². The highest BCUT2D eigenvalue weighted by Gasteiger charge is 2.36. The van der Waals surface area contributed by atoms with Crippen LogP contribution in [0.15, 0.2) is 12.1 Å². The van der Waals surface area contributed by atoms with Gasteiger partial charge in [0.2, 0.25) is 0 Å². The second-order valence-electron chi connectivity index (χ2n) is 5.99. The van der Waals surface area contributed by atoms with Crippen molar-refractivity contribution in [2.45, 2.75) is 38.8 Å². The highest BCUT2D eigenvalue weighted by atomic mass is 35.5. The predicted molar refractivity (Wildman–Crippen MR) is 82.3 cm³/mol. The number of hydrogen-bond acceptors (Lipinski definition) is 3. The van der Waals surface area contributed by atoms with Crippen molar-refractivity contribution in [2.75, 3.05) is 20.2 Å². The summed E-state index contributed by atoms with van der Waals surface area (Å²) in [4.78, 5) is 2.15. The van der Waals surface area contributed by atoms with Gasteiger partial charge in [0, 0.05) is 30.2 Å². The van der Waals surface area contributed by atoms with E-state index >= 15 is 0 Å². The SMILES string of the molecule is CC[C@@H]1CN(Cc2c(Cl)ccc(OC)c2F)CC[C@]1(C)O. The molecule has 0 amide bonds. The van der Waals surface area contributed by atoms with Crippen molar-refractivity contribution in [3.63, 3.8) is 0 Å². The molecular weight excluding hydrogens is 293 g/mol. The van der Waals surface area contributed by atoms with Crippen LogP contribution >= 0.6 is 11.6 Å². The lowest BCUT2D eigenvalue weighted by molar-refractivity contribution is -0.0609. The minimum atomic E-state index is -0.637. The van der Waals surface area contributed by atoms with E-state index in [1.165, 1.54) is 13.2 Å². The third-order valence-corrected chi connectivity index (χ3v) is 4.89. The lowest BCUT2D eigenvalue weighted by Gasteiger charge is -2.42. The number of ether oxygens (including phenoxy) is 1. The first-order valence-electron chi connectivity index (χ1n) is 7.34. The van der Waals surface area contributed by atoms with E-state index in [9.17, 15) is 9.50 Å². The van der Waals surface area contributed by atoms with Crippen LogP contribution in [0.2, 0.25) is 5.02 Å². The van der Waals surface area contributed by atoms with Gasteiger partial charge in [0.1, 0.15) is 0 Å². The minimum Gasteiger partial charge on any atom is -0.494 e. The molecular formula is C16H23ClFNO2. The smallest absolute Gasteiger partial charge is 0.171 e. The fourth-order valence-corrected chi connectivity index (χ4v) is 3.21. The topological polar surface area (TPSA) is 32.7 Å². The number of benzene rings is 1. The molecule has 1 saturated heterocycles. The maximum atomic E-state index is 14.3. The van der Waals surface area contributed by atoms with E-state index in [-0.39, 0.29) is 11.7 Å². The van der Waals surface area contributed by atoms with Crippen molar-refractivity contribution in [3.05, 3.63) is 28.5 Å². The van der Waals surface area contributed by atoms with E-state index in [2.05, 4.69) is 11.8 Å². The van der Waals surface area contributed by atoms with Crippen molar-refractivity contribution in [3.8, 4) is 5.75 Å². The van der Waals surface area contributed by atoms with Gasteiger partial charge in [0.25, 0.3) is 0 Å². The van der Waals surface area contributed by atoms with Crippen molar-refractivity contribution < 1.29 is 14.2 Å². The Balaban J connectivity index is 2.16. The number of halogens is 2. The van der Waals surface area contributed by atoms with Gasteiger partial charge in [-0.25, -0.2) is 4.39 Å². The average Bonchev–Trinajstić information content (AvgIpc) is 2.45. The molecule has 2 atom stereocenters. The number of piperidine rings is 1. The van der Waals surface area contributed by atoms with E-state index in [0.717, 1.165) is 19.5 Å². The number of rotatable bonds is 4. The van der Waals surface area contributed by atoms with Crippen molar-refractivity contribution in [2.24, 2.45) is 5.92 Å². The van der Waals surface area contributed by atoms with Gasteiger partial charge in [0.05, 0.1) is 12.7 Å². The average molecular weight is 316 g/mol. The van der Waals surface area contributed by atoms with Crippen LogP contribution in [0.5, 0.6) is 5.75 Å². The van der Waals surface area contributed by atoms with Crippen LogP contribution in [-0.4, -0.2) is 35.8 Å². The molecule has 1 aliphatic rings. The Hall–Kier alpha value is -0.840. The quantitative estimate of drug-likeness (QED) is 0.923. The number of aliphatic hydroxyl groups is 1. The molecule has 2 rings (SSSR count). The van der Waals surface area contributed by atoms with Crippen molar-refractivity contribution in [1.29, 1.82) is 0 Å². The first kappa shape index (κ1) is 16.5. The van der Waals surface area contributed by atoms with Gasteiger partial charge in [-0.2, -0.15) is 0 Å². The van der Waals surface area contributed by atoms with Gasteiger partial charge in [-0.1, -0.05) is 18.5 Å². The molecule has 0 saturated carbocycles. The molecule has 0 bridgehead atoms. The summed E-state index contributed by atoms with van der Waals surface area (Å²) in [5, 5.41) is 10.8. The Morgan fingerprint density at radius 1 is 1.52 bits per heavy atom. The predicted octanol–water partition coefficient (Wildman–Crippen LogP) is 3.47. The largest absolute Gasteiger partial charge is 0.494 e. The summed E-state index contributed by atoms with van der Waals surface area (Å²) in [7, 11) is 1.45. The molecule has 1 fully saturated rings. The van der Waals surface area contributed by atoms with Gasteiger partial charge < -0.3 is 9.84 Å². The zero-order valence-electron chi connectivity index (χ0n) is 12.8. The van der Waals surface area contributed by atoms with Gasteiger partial charge >= 0.3 is 0 Å². The van der Waals surface area contributed by atoms with Gasteiger partial charge in [0.15, 0.2) is 11.6 Å². The Morgan fingerprint density at radius 2 is 2.24 bits per heavy atom. The zero-order chi connectivity index (χ0) is 15.6. The number of nitrogens with zero attached hydrogens (tertiary/aromatic N) is 1. The van der Waals surface area contributed by atoms with Crippen LogP contribution in [0.1, 0.15) is 32.3 Å². The van der Waals surface area contributed by atoms with E-state index in [0.29, 0.717) is 23.6 Å². The first-order chi connectivity index (χ1) is 9.89. The third-order valence-electron chi connectivity index (χ3n) is 4.54. The summed E-state index contributed by atoms with van der Waals surface area (Å²) >= 11 is 6.13. The third kappa shape index (κ3) is 3.50. The first-order valence-corrected chi connectivity index (χ1v) is 7.72. The fraction of sp³-hybridized carbons (Fsp3) is 0.625. The second kappa shape index (κ2) is 6.51. The van der Waals surface area contributed by atoms with E-state index in [4.69, 9.17) is 16.3 Å². The minimum absolute atomic E-state index is 0.193. The molecule has 1 aromatic carbocycles. The van der Waals surface area contributed by atoms with Crippen LogP contribution in [0, 0.1) is 11.7 Å². The molecule has 118 valence electrons. The summed E-state index contributed by atoms with van der Waals surface area (Å²) in [5.41, 5.74) is -0.172. The lowest BCUT2D eigenvalue weighted by Crippen LogP contribution is -2.49. The molecule has 1 aromatic rings. The Labute approximate surface area is 130 Å². The molecule has 0 unspecified atom stereocenters. The lowest BCUT2D eigenvalue weighted by atomic mass is 9.81. The summed E-state index contributed by atoms with van der Waals surface area (Å²) in [6, 6.07) is 3.20. The molecule has 1 aliphatic heterocycles. The highest BCUT2D eigenvalue weighted by Crippen LogP contribution is 2.33. The van der Waals surface area contributed by atoms with Crippen LogP contribution in [0.4, 0.5) is 4.39 Å². The van der Waals surface area contributed by atoms with E-state index < -0.39 is 11.4 Å². The normalized spacial score (nSPS) is 26.9. The summed E-state index contributed by atoms with van der Waals surface area (Å²) in [5.74, 6) is 0.0134. The standard InChI is InChI=1S/C16H23ClFNO2/c1-4-11-9-19(8-7-16(11,2)20)10-12-13(17)5-6-14(21-3)15(12)18/h5-6,11,20H,4,7-10H2,1-3H3/t11-,16+/m1/s1. The number of likely N-dealkylation sites (tertiary alicyclic amines) is 1. The molecule has 1 N–H and O–H groups in total. The Bertz CT molecular complexity index is 507. The van der Waals surface area contributed by atoms with Crippen LogP contribution in [0.25, 0.3) is 0 Å². The summed E-state index contributed by atoms with van der Waals surface area (Å²) in [6.45, 7) is 5.88. The molecule has 0 aromatic heterocycles. The number of hydrogen-bond donors (Lipinski definition) is 1. The molecule has 0 aliphatic carbocycles. The zero-order valence-corrected chi connectivity index (χ0v) is 13.6. The molecule has 21 heavy (non-hydrogen) atoms. The van der Waals surface area contributed by atoms with Crippen LogP contribution in [0.3, 0.4) is 0 Å². The number of methoxy groups -OCH3 is 1. The van der Waals surface area contributed by atoms with Crippen molar-refractivity contribution in [1.82, 2.24) is 4.90 Å². The second-order valence-corrected chi connectivity index (χ2v) is 6.40. The summed E-state index contributed by atoms with van der Waals surface area (Å²) in [6.07, 6.45) is 1.59. The fourth-order valence-electron chi connectivity index (χ4n) is 3.00.